The maximum absolute atomic E-state index is 6.65. The first-order valence-electron chi connectivity index (χ1n) is 19.9. The fourth-order valence-corrected chi connectivity index (χ4v) is 9.04. The number of nitrogens with zero attached hydrogens (tertiary/aromatic N) is 3. The van der Waals surface area contributed by atoms with Crippen molar-refractivity contribution in [2.75, 3.05) is 0 Å². The van der Waals surface area contributed by atoms with Crippen molar-refractivity contribution in [3.8, 4) is 56.4 Å². The fraction of sp³-hybridized carbons (Fsp3) is 0. The van der Waals surface area contributed by atoms with Gasteiger partial charge in [-0.15, -0.1) is 0 Å². The molecule has 0 N–H and O–H groups in total. The van der Waals surface area contributed by atoms with Gasteiger partial charge in [-0.1, -0.05) is 188 Å². The lowest BCUT2D eigenvalue weighted by molar-refractivity contribution is 0.669. The van der Waals surface area contributed by atoms with Crippen LogP contribution in [0.15, 0.2) is 205 Å². The molecule has 274 valence electrons. The Morgan fingerprint density at radius 1 is 0.254 bits per heavy atom. The normalized spacial score (nSPS) is 11.7. The minimum atomic E-state index is 0.545. The lowest BCUT2D eigenvalue weighted by Gasteiger charge is -2.18. The second-order valence-electron chi connectivity index (χ2n) is 15.1. The summed E-state index contributed by atoms with van der Waals surface area (Å²) >= 11 is 0. The molecule has 59 heavy (non-hydrogen) atoms. The monoisotopic (exact) mass is 751 g/mol. The number of furan rings is 1. The van der Waals surface area contributed by atoms with Crippen LogP contribution in [0.1, 0.15) is 0 Å². The summed E-state index contributed by atoms with van der Waals surface area (Å²) in [5.74, 6) is 1.73. The van der Waals surface area contributed by atoms with E-state index in [4.69, 9.17) is 19.4 Å². The Morgan fingerprint density at radius 2 is 0.644 bits per heavy atom. The molecule has 10 aromatic carbocycles. The molecule has 12 aromatic rings. The number of rotatable bonds is 5. The molecule has 0 atom stereocenters. The highest BCUT2D eigenvalue weighted by atomic mass is 16.3. The first-order valence-corrected chi connectivity index (χ1v) is 19.9. The van der Waals surface area contributed by atoms with E-state index >= 15 is 0 Å². The largest absolute Gasteiger partial charge is 0.455 e. The van der Waals surface area contributed by atoms with Gasteiger partial charge in [-0.05, 0) is 77.5 Å². The third kappa shape index (κ3) is 5.34. The molecule has 0 aliphatic heterocycles. The van der Waals surface area contributed by atoms with Gasteiger partial charge in [0.1, 0.15) is 11.2 Å². The Labute approximate surface area is 339 Å². The zero-order valence-electron chi connectivity index (χ0n) is 31.8. The summed E-state index contributed by atoms with van der Waals surface area (Å²) in [6.45, 7) is 0. The molecule has 0 unspecified atom stereocenters. The molecule has 0 bridgehead atoms. The Morgan fingerprint density at radius 3 is 1.20 bits per heavy atom. The molecule has 0 saturated carbocycles. The molecular formula is C55H33N3O. The summed E-state index contributed by atoms with van der Waals surface area (Å²) < 4.78 is 6.65. The number of benzene rings is 10. The molecule has 4 heteroatoms. The summed E-state index contributed by atoms with van der Waals surface area (Å²) in [6, 6.07) is 70.5. The number of aromatic nitrogens is 3. The van der Waals surface area contributed by atoms with Crippen LogP contribution < -0.4 is 0 Å². The lowest BCUT2D eigenvalue weighted by atomic mass is 9.90. The summed E-state index contributed by atoms with van der Waals surface area (Å²) in [7, 11) is 0. The van der Waals surface area contributed by atoms with Crippen LogP contribution in [-0.4, -0.2) is 15.0 Å². The van der Waals surface area contributed by atoms with E-state index < -0.39 is 0 Å². The molecule has 2 aromatic heterocycles. The fourth-order valence-electron chi connectivity index (χ4n) is 9.04. The van der Waals surface area contributed by atoms with Crippen LogP contribution >= 0.6 is 0 Å². The van der Waals surface area contributed by atoms with Gasteiger partial charge < -0.3 is 4.42 Å². The van der Waals surface area contributed by atoms with Gasteiger partial charge in [-0.3, -0.25) is 0 Å². The standard InChI is InChI=1S/C55H33N3O/c1-5-20-38-34(14-1)18-11-25-42(38)45-32-30-36-16-3-7-22-40(36)50(45)54-56-53(48-28-13-27-47-44-24-9-10-29-49(44)59-52(47)48)57-55(58-54)51-41-23-8-4-17-37(41)31-33-46(51)43-26-12-19-35-15-2-6-21-39(35)43/h1-33H. The van der Waals surface area contributed by atoms with E-state index in [0.29, 0.717) is 17.5 Å². The van der Waals surface area contributed by atoms with E-state index in [1.807, 2.05) is 18.2 Å². The predicted molar refractivity (Wildman–Crippen MR) is 244 cm³/mol. The van der Waals surface area contributed by atoms with Crippen LogP contribution in [0.3, 0.4) is 0 Å². The summed E-state index contributed by atoms with van der Waals surface area (Å²) in [5, 5.41) is 11.1. The lowest BCUT2D eigenvalue weighted by Crippen LogP contribution is -2.03. The van der Waals surface area contributed by atoms with Crippen molar-refractivity contribution in [3.05, 3.63) is 200 Å². The van der Waals surface area contributed by atoms with E-state index in [1.54, 1.807) is 0 Å². The second-order valence-corrected chi connectivity index (χ2v) is 15.1. The highest BCUT2D eigenvalue weighted by molar-refractivity contribution is 6.12. The molecular weight excluding hydrogens is 719 g/mol. The maximum Gasteiger partial charge on any atom is 0.167 e. The molecule has 0 spiro atoms. The summed E-state index contributed by atoms with van der Waals surface area (Å²) in [5.41, 5.74) is 8.63. The predicted octanol–water partition coefficient (Wildman–Crippen LogP) is 14.7. The van der Waals surface area contributed by atoms with Crippen LogP contribution in [0.25, 0.3) is 121 Å². The topological polar surface area (TPSA) is 51.8 Å². The molecule has 4 nitrogen and oxygen atoms in total. The van der Waals surface area contributed by atoms with E-state index in [-0.39, 0.29) is 0 Å². The third-order valence-corrected chi connectivity index (χ3v) is 11.7. The average molecular weight is 752 g/mol. The van der Waals surface area contributed by atoms with Crippen molar-refractivity contribution >= 4 is 65.0 Å². The Kier molecular flexibility index (Phi) is 7.50. The first-order chi connectivity index (χ1) is 29.3. The van der Waals surface area contributed by atoms with Gasteiger partial charge in [0.15, 0.2) is 17.5 Å². The van der Waals surface area contributed by atoms with Crippen molar-refractivity contribution in [3.63, 3.8) is 0 Å². The second kappa shape index (κ2) is 13.3. The third-order valence-electron chi connectivity index (χ3n) is 11.7. The number of fused-ring (bicyclic) bond motifs is 7. The van der Waals surface area contributed by atoms with Crippen LogP contribution in [-0.2, 0) is 0 Å². The van der Waals surface area contributed by atoms with Crippen LogP contribution in [0.4, 0.5) is 0 Å². The van der Waals surface area contributed by atoms with Gasteiger partial charge in [0, 0.05) is 21.9 Å². The molecule has 0 aliphatic carbocycles. The van der Waals surface area contributed by atoms with Crippen molar-refractivity contribution in [1.29, 1.82) is 0 Å². The molecule has 2 heterocycles. The number of hydrogen-bond donors (Lipinski definition) is 0. The summed E-state index contributed by atoms with van der Waals surface area (Å²) in [6.07, 6.45) is 0. The van der Waals surface area contributed by atoms with Gasteiger partial charge in [0.2, 0.25) is 0 Å². The highest BCUT2D eigenvalue weighted by Gasteiger charge is 2.24. The first kappa shape index (κ1) is 33.2. The Bertz CT molecular complexity index is 3450. The van der Waals surface area contributed by atoms with Crippen molar-refractivity contribution < 1.29 is 4.42 Å². The summed E-state index contributed by atoms with van der Waals surface area (Å²) in [4.78, 5) is 16.6. The van der Waals surface area contributed by atoms with Crippen LogP contribution in [0, 0.1) is 0 Å². The van der Waals surface area contributed by atoms with Gasteiger partial charge >= 0.3 is 0 Å². The molecule has 0 amide bonds. The number of hydrogen-bond acceptors (Lipinski definition) is 4. The van der Waals surface area contributed by atoms with Crippen molar-refractivity contribution in [2.24, 2.45) is 0 Å². The zero-order valence-corrected chi connectivity index (χ0v) is 31.8. The van der Waals surface area contributed by atoms with Crippen LogP contribution in [0.5, 0.6) is 0 Å². The minimum Gasteiger partial charge on any atom is -0.455 e. The molecule has 0 radical (unpaired) electrons. The molecule has 0 saturated heterocycles. The minimum absolute atomic E-state index is 0.545. The van der Waals surface area contributed by atoms with E-state index in [9.17, 15) is 0 Å². The van der Waals surface area contributed by atoms with Gasteiger partial charge in [0.05, 0.1) is 5.56 Å². The van der Waals surface area contributed by atoms with E-state index in [1.165, 1.54) is 21.5 Å². The maximum atomic E-state index is 6.65. The molecule has 0 aliphatic rings. The quantitative estimate of drug-likeness (QED) is 0.176. The van der Waals surface area contributed by atoms with Gasteiger partial charge in [-0.25, -0.2) is 15.0 Å². The van der Waals surface area contributed by atoms with E-state index in [2.05, 4.69) is 182 Å². The SMILES string of the molecule is c1ccc2c(-c3ccc4ccccc4c3-c3nc(-c4c(-c5cccc6ccccc56)ccc5ccccc45)nc(-c4cccc5c4oc4ccccc45)n3)cccc2c1. The van der Waals surface area contributed by atoms with Crippen LogP contribution in [0.2, 0.25) is 0 Å². The average Bonchev–Trinajstić information content (AvgIpc) is 3.69. The molecule has 12 rings (SSSR count). The zero-order chi connectivity index (χ0) is 38.9. The van der Waals surface area contributed by atoms with Gasteiger partial charge in [-0.2, -0.15) is 0 Å². The highest BCUT2D eigenvalue weighted by Crippen LogP contribution is 2.44. The smallest absolute Gasteiger partial charge is 0.167 e. The van der Waals surface area contributed by atoms with E-state index in [0.717, 1.165) is 82.4 Å². The van der Waals surface area contributed by atoms with Crippen molar-refractivity contribution in [1.82, 2.24) is 15.0 Å². The van der Waals surface area contributed by atoms with Gasteiger partial charge in [0.25, 0.3) is 0 Å². The molecule has 0 fully saturated rings. The van der Waals surface area contributed by atoms with Crippen molar-refractivity contribution in [2.45, 2.75) is 0 Å². The Balaban J connectivity index is 1.23. The number of para-hydroxylation sites is 2. The Hall–Kier alpha value is -7.95.